The zero-order valence-electron chi connectivity index (χ0n) is 36.3. The van der Waals surface area contributed by atoms with Crippen LogP contribution in [0.4, 0.5) is 0 Å². The van der Waals surface area contributed by atoms with E-state index in [1.54, 1.807) is 18.2 Å². The Labute approximate surface area is 391 Å². The molecule has 0 aliphatic rings. The second-order valence-electron chi connectivity index (χ2n) is 16.7. The number of benzene rings is 9. The van der Waals surface area contributed by atoms with Gasteiger partial charge in [0.05, 0.1) is 79.7 Å². The van der Waals surface area contributed by atoms with E-state index in [-0.39, 0.29) is 0 Å². The van der Waals surface area contributed by atoms with Crippen molar-refractivity contribution in [2.24, 2.45) is 0 Å². The van der Waals surface area contributed by atoms with Crippen LogP contribution in [0.15, 0.2) is 212 Å². The van der Waals surface area contributed by atoms with E-state index in [2.05, 4.69) is 161 Å². The fourth-order valence-electron chi connectivity index (χ4n) is 9.71. The van der Waals surface area contributed by atoms with Crippen LogP contribution in [0.1, 0.15) is 16.7 Å². The third-order valence-corrected chi connectivity index (χ3v) is 12.8. The molecule has 7 heteroatoms. The summed E-state index contributed by atoms with van der Waals surface area (Å²) in [7, 11) is 0. The van der Waals surface area contributed by atoms with Gasteiger partial charge in [0.15, 0.2) is 5.82 Å². The monoisotopic (exact) mass is 865 g/mol. The summed E-state index contributed by atoms with van der Waals surface area (Å²) in [6.45, 7) is 0. The Balaban J connectivity index is 1.10. The number of rotatable bonds is 7. The van der Waals surface area contributed by atoms with Crippen LogP contribution in [0.5, 0.6) is 0 Å². The number of aromatic nitrogens is 4. The van der Waals surface area contributed by atoms with Crippen molar-refractivity contribution in [3.63, 3.8) is 0 Å². The molecule has 7 nitrogen and oxygen atoms in total. The summed E-state index contributed by atoms with van der Waals surface area (Å²) in [5, 5.41) is 34.3. The predicted octanol–water partition coefficient (Wildman–Crippen LogP) is 14.6. The zero-order chi connectivity index (χ0) is 45.7. The molecule has 3 aromatic heterocycles. The average molecular weight is 866 g/mol. The Morgan fingerprint density at radius 3 is 1.41 bits per heavy atom. The molecule has 3 heterocycles. The minimum Gasteiger partial charge on any atom is -0.309 e. The minimum atomic E-state index is 0.373. The maximum absolute atomic E-state index is 10.0. The topological polar surface area (TPSA) is 107 Å². The summed E-state index contributed by atoms with van der Waals surface area (Å²) in [5.41, 5.74) is 15.1. The Bertz CT molecular complexity index is 3980. The smallest absolute Gasteiger partial charge is 0.160 e. The SMILES string of the molecule is N#Cc1cc(C#N)cc(-c2cc(C#N)ccc2-n2c3ccccc3c3cc(-c4ccc(-n5c6ccccc6c6ccccc65)c(-c5cc(-c6ccccc6)nc(-c6ccccc6)n5)c4)ccc32)c1. The van der Waals surface area contributed by atoms with Gasteiger partial charge in [0, 0.05) is 43.8 Å². The number of nitrogens with zero attached hydrogens (tertiary/aromatic N) is 7. The van der Waals surface area contributed by atoms with Gasteiger partial charge in [-0.2, -0.15) is 15.8 Å². The van der Waals surface area contributed by atoms with E-state index in [1.807, 2.05) is 60.7 Å². The molecular formula is C61H35N7. The first-order valence-corrected chi connectivity index (χ1v) is 22.2. The van der Waals surface area contributed by atoms with Crippen LogP contribution >= 0.6 is 0 Å². The summed E-state index contributed by atoms with van der Waals surface area (Å²) < 4.78 is 4.57. The summed E-state index contributed by atoms with van der Waals surface area (Å²) in [6, 6.07) is 78.7. The molecule has 0 radical (unpaired) electrons. The normalized spacial score (nSPS) is 11.2. The molecule has 12 aromatic rings. The van der Waals surface area contributed by atoms with E-state index in [9.17, 15) is 15.8 Å². The molecule has 0 unspecified atom stereocenters. The van der Waals surface area contributed by atoms with Crippen LogP contribution in [-0.2, 0) is 0 Å². The van der Waals surface area contributed by atoms with Crippen molar-refractivity contribution < 1.29 is 0 Å². The molecule has 9 aromatic carbocycles. The average Bonchev–Trinajstić information content (AvgIpc) is 3.93. The van der Waals surface area contributed by atoms with Gasteiger partial charge in [0.25, 0.3) is 0 Å². The number of nitriles is 3. The second kappa shape index (κ2) is 16.3. The van der Waals surface area contributed by atoms with E-state index >= 15 is 0 Å². The molecule has 0 aliphatic heterocycles. The molecule has 0 N–H and O–H groups in total. The van der Waals surface area contributed by atoms with Gasteiger partial charge in [0.2, 0.25) is 0 Å². The third-order valence-electron chi connectivity index (χ3n) is 12.8. The molecule has 0 bridgehead atoms. The molecule has 314 valence electrons. The Morgan fingerprint density at radius 2 is 0.794 bits per heavy atom. The summed E-state index contributed by atoms with van der Waals surface area (Å²) in [5.74, 6) is 0.639. The quantitative estimate of drug-likeness (QED) is 0.159. The maximum atomic E-state index is 10.0. The van der Waals surface area contributed by atoms with Gasteiger partial charge < -0.3 is 9.13 Å². The van der Waals surface area contributed by atoms with Gasteiger partial charge in [0.1, 0.15) is 0 Å². The maximum Gasteiger partial charge on any atom is 0.160 e. The van der Waals surface area contributed by atoms with Crippen LogP contribution in [0.3, 0.4) is 0 Å². The standard InChI is InChI=1S/C61H35N7/c62-36-39-23-26-58(50(32-39)46-30-40(37-63)29-41(31-46)38-64)68-57-22-12-9-19-49(57)51-33-44(24-27-59(51)68)45-25-28-60(67-55-20-10-7-17-47(55)48-18-8-11-21-56(48)67)52(34-45)54-35-53(42-13-3-1-4-14-42)65-61(66-54)43-15-5-2-6-16-43/h1-35H. The van der Waals surface area contributed by atoms with Crippen molar-refractivity contribution in [2.45, 2.75) is 0 Å². The van der Waals surface area contributed by atoms with E-state index in [4.69, 9.17) is 9.97 Å². The number of fused-ring (bicyclic) bond motifs is 6. The van der Waals surface area contributed by atoms with Crippen LogP contribution in [0.2, 0.25) is 0 Å². The lowest BCUT2D eigenvalue weighted by Gasteiger charge is -2.17. The van der Waals surface area contributed by atoms with Gasteiger partial charge in [-0.1, -0.05) is 127 Å². The fraction of sp³-hybridized carbons (Fsp3) is 0. The lowest BCUT2D eigenvalue weighted by atomic mass is 9.97. The van der Waals surface area contributed by atoms with Gasteiger partial charge in [-0.05, 0) is 102 Å². The molecule has 0 aliphatic carbocycles. The van der Waals surface area contributed by atoms with E-state index in [0.717, 1.165) is 89.0 Å². The van der Waals surface area contributed by atoms with Crippen molar-refractivity contribution >= 4 is 43.6 Å². The van der Waals surface area contributed by atoms with E-state index in [0.29, 0.717) is 28.1 Å². The summed E-state index contributed by atoms with van der Waals surface area (Å²) in [4.78, 5) is 10.5. The molecule has 0 saturated heterocycles. The lowest BCUT2D eigenvalue weighted by molar-refractivity contribution is 1.15. The first-order chi connectivity index (χ1) is 33.6. The Hall–Kier alpha value is -9.87. The van der Waals surface area contributed by atoms with Crippen LogP contribution in [0.25, 0.3) is 111 Å². The van der Waals surface area contributed by atoms with Gasteiger partial charge in [-0.25, -0.2) is 9.97 Å². The van der Waals surface area contributed by atoms with Gasteiger partial charge in [-0.3, -0.25) is 0 Å². The highest BCUT2D eigenvalue weighted by Crippen LogP contribution is 2.42. The number of hydrogen-bond acceptors (Lipinski definition) is 5. The van der Waals surface area contributed by atoms with Crippen molar-refractivity contribution in [3.05, 3.63) is 229 Å². The minimum absolute atomic E-state index is 0.373. The van der Waals surface area contributed by atoms with Crippen molar-refractivity contribution in [1.82, 2.24) is 19.1 Å². The van der Waals surface area contributed by atoms with Crippen molar-refractivity contribution in [1.29, 1.82) is 15.8 Å². The molecule has 0 saturated carbocycles. The largest absolute Gasteiger partial charge is 0.309 e. The van der Waals surface area contributed by atoms with Gasteiger partial charge >= 0.3 is 0 Å². The van der Waals surface area contributed by atoms with Crippen LogP contribution in [-0.4, -0.2) is 19.1 Å². The number of hydrogen-bond donors (Lipinski definition) is 0. The Kier molecular flexibility index (Phi) is 9.51. The van der Waals surface area contributed by atoms with Crippen molar-refractivity contribution in [2.75, 3.05) is 0 Å². The molecule has 0 fully saturated rings. The summed E-state index contributed by atoms with van der Waals surface area (Å²) in [6.07, 6.45) is 0. The molecular weight excluding hydrogens is 831 g/mol. The van der Waals surface area contributed by atoms with Crippen LogP contribution in [0, 0.1) is 34.0 Å². The predicted molar refractivity (Wildman–Crippen MR) is 272 cm³/mol. The molecule has 0 spiro atoms. The number of para-hydroxylation sites is 3. The highest BCUT2D eigenvalue weighted by molar-refractivity contribution is 6.12. The lowest BCUT2D eigenvalue weighted by Crippen LogP contribution is -2.01. The highest BCUT2D eigenvalue weighted by Gasteiger charge is 2.22. The zero-order valence-corrected chi connectivity index (χ0v) is 36.3. The van der Waals surface area contributed by atoms with Crippen molar-refractivity contribution in [3.8, 4) is 85.7 Å². The van der Waals surface area contributed by atoms with E-state index < -0.39 is 0 Å². The summed E-state index contributed by atoms with van der Waals surface area (Å²) >= 11 is 0. The third kappa shape index (κ3) is 6.65. The first-order valence-electron chi connectivity index (χ1n) is 22.2. The molecule has 0 amide bonds. The van der Waals surface area contributed by atoms with Gasteiger partial charge in [-0.15, -0.1) is 0 Å². The second-order valence-corrected chi connectivity index (χ2v) is 16.7. The Morgan fingerprint density at radius 1 is 0.309 bits per heavy atom. The first kappa shape index (κ1) is 39.7. The molecule has 0 atom stereocenters. The fourth-order valence-corrected chi connectivity index (χ4v) is 9.71. The molecule has 68 heavy (non-hydrogen) atoms. The van der Waals surface area contributed by atoms with Crippen LogP contribution < -0.4 is 0 Å². The molecule has 12 rings (SSSR count). The highest BCUT2D eigenvalue weighted by atomic mass is 15.0. The van der Waals surface area contributed by atoms with E-state index in [1.165, 1.54) is 10.8 Å².